The highest BCUT2D eigenvalue weighted by Crippen LogP contribution is 2.22. The van der Waals surface area contributed by atoms with Gasteiger partial charge in [-0.2, -0.15) is 0 Å². The van der Waals surface area contributed by atoms with E-state index in [0.717, 1.165) is 30.9 Å². The van der Waals surface area contributed by atoms with E-state index in [9.17, 15) is 0 Å². The Hall–Kier alpha value is -1.50. The largest absolute Gasteiger partial charge is 0.496 e. The second-order valence-corrected chi connectivity index (χ2v) is 5.37. The molecule has 0 aromatic heterocycles. The Labute approximate surface area is 129 Å². The zero-order valence-corrected chi connectivity index (χ0v) is 13.8. The van der Waals surface area contributed by atoms with Gasteiger partial charge in [0.15, 0.2) is 0 Å². The number of ether oxygens (including phenoxy) is 1. The summed E-state index contributed by atoms with van der Waals surface area (Å²) in [5.41, 5.74) is 7.62. The third-order valence-electron chi connectivity index (χ3n) is 3.72. The number of hydrogen-bond acceptors (Lipinski definition) is 3. The van der Waals surface area contributed by atoms with Crippen LogP contribution in [0.2, 0.25) is 0 Å². The zero-order chi connectivity index (χ0) is 15.7. The lowest BCUT2D eigenvalue weighted by Gasteiger charge is -2.24. The SMILES string of the molecule is CCC(C)CN(CC)Cc1cc(C#CCN)ccc1OC. The first-order valence-corrected chi connectivity index (χ1v) is 7.72. The molecule has 1 rings (SSSR count). The molecule has 0 amide bonds. The molecule has 0 bridgehead atoms. The molecule has 1 atom stereocenters. The smallest absolute Gasteiger partial charge is 0.123 e. The van der Waals surface area contributed by atoms with Crippen LogP contribution in [0, 0.1) is 17.8 Å². The fourth-order valence-corrected chi connectivity index (χ4v) is 2.25. The molecule has 0 saturated carbocycles. The van der Waals surface area contributed by atoms with Crippen LogP contribution in [-0.2, 0) is 6.54 Å². The van der Waals surface area contributed by atoms with Gasteiger partial charge in [0.05, 0.1) is 13.7 Å². The van der Waals surface area contributed by atoms with Gasteiger partial charge in [0.25, 0.3) is 0 Å². The lowest BCUT2D eigenvalue weighted by Crippen LogP contribution is -2.28. The highest BCUT2D eigenvalue weighted by Gasteiger charge is 2.11. The van der Waals surface area contributed by atoms with Gasteiger partial charge in [-0.1, -0.05) is 39.0 Å². The summed E-state index contributed by atoms with van der Waals surface area (Å²) in [7, 11) is 1.72. The lowest BCUT2D eigenvalue weighted by atomic mass is 10.1. The topological polar surface area (TPSA) is 38.5 Å². The Morgan fingerprint density at radius 2 is 2.10 bits per heavy atom. The van der Waals surface area contributed by atoms with E-state index in [1.165, 1.54) is 12.0 Å². The van der Waals surface area contributed by atoms with E-state index < -0.39 is 0 Å². The second-order valence-electron chi connectivity index (χ2n) is 5.37. The summed E-state index contributed by atoms with van der Waals surface area (Å²) in [4.78, 5) is 2.45. The molecule has 0 radical (unpaired) electrons. The third-order valence-corrected chi connectivity index (χ3v) is 3.72. The van der Waals surface area contributed by atoms with Crippen LogP contribution in [0.3, 0.4) is 0 Å². The number of nitrogens with zero attached hydrogens (tertiary/aromatic N) is 1. The first-order chi connectivity index (χ1) is 10.1. The predicted molar refractivity (Wildman–Crippen MR) is 89.3 cm³/mol. The van der Waals surface area contributed by atoms with Crippen LogP contribution in [0.4, 0.5) is 0 Å². The fourth-order valence-electron chi connectivity index (χ4n) is 2.25. The Morgan fingerprint density at radius 3 is 2.67 bits per heavy atom. The van der Waals surface area contributed by atoms with Crippen molar-refractivity contribution in [2.45, 2.75) is 33.7 Å². The average Bonchev–Trinajstić information content (AvgIpc) is 2.52. The maximum Gasteiger partial charge on any atom is 0.123 e. The van der Waals surface area contributed by atoms with Crippen molar-refractivity contribution in [1.82, 2.24) is 4.90 Å². The predicted octanol–water partition coefficient (Wildman–Crippen LogP) is 2.87. The van der Waals surface area contributed by atoms with E-state index in [-0.39, 0.29) is 0 Å². The van der Waals surface area contributed by atoms with E-state index >= 15 is 0 Å². The van der Waals surface area contributed by atoms with Crippen molar-refractivity contribution in [3.8, 4) is 17.6 Å². The van der Waals surface area contributed by atoms with Crippen LogP contribution in [-0.4, -0.2) is 31.6 Å². The normalized spacial score (nSPS) is 11.9. The van der Waals surface area contributed by atoms with Crippen LogP contribution in [0.25, 0.3) is 0 Å². The van der Waals surface area contributed by atoms with Crippen LogP contribution < -0.4 is 10.5 Å². The molecular weight excluding hydrogens is 260 g/mol. The molecule has 0 aliphatic rings. The van der Waals surface area contributed by atoms with Crippen molar-refractivity contribution in [2.75, 3.05) is 26.7 Å². The molecule has 3 nitrogen and oxygen atoms in total. The quantitative estimate of drug-likeness (QED) is 0.784. The zero-order valence-electron chi connectivity index (χ0n) is 13.8. The van der Waals surface area contributed by atoms with E-state index in [2.05, 4.69) is 43.6 Å². The molecule has 0 spiro atoms. The first kappa shape index (κ1) is 17.6. The molecule has 0 saturated heterocycles. The Balaban J connectivity index is 2.92. The summed E-state index contributed by atoms with van der Waals surface area (Å²) in [5.74, 6) is 7.62. The van der Waals surface area contributed by atoms with Gasteiger partial charge in [-0.05, 0) is 30.7 Å². The Bertz CT molecular complexity index is 488. The van der Waals surface area contributed by atoms with Gasteiger partial charge in [0.1, 0.15) is 5.75 Å². The van der Waals surface area contributed by atoms with Crippen LogP contribution in [0.15, 0.2) is 18.2 Å². The molecule has 0 heterocycles. The molecule has 0 fully saturated rings. The van der Waals surface area contributed by atoms with E-state index in [0.29, 0.717) is 12.5 Å². The summed E-state index contributed by atoms with van der Waals surface area (Å²) in [6.07, 6.45) is 1.20. The summed E-state index contributed by atoms with van der Waals surface area (Å²) in [6.45, 7) is 10.2. The second kappa shape index (κ2) is 9.44. The Morgan fingerprint density at radius 1 is 1.33 bits per heavy atom. The summed E-state index contributed by atoms with van der Waals surface area (Å²) >= 11 is 0. The minimum absolute atomic E-state index is 0.385. The van der Waals surface area contributed by atoms with Crippen molar-refractivity contribution < 1.29 is 4.74 Å². The van der Waals surface area contributed by atoms with Crippen molar-refractivity contribution in [2.24, 2.45) is 11.7 Å². The molecule has 3 heteroatoms. The van der Waals surface area contributed by atoms with Gasteiger partial charge < -0.3 is 10.5 Å². The monoisotopic (exact) mass is 288 g/mol. The first-order valence-electron chi connectivity index (χ1n) is 7.72. The maximum absolute atomic E-state index is 5.48. The van der Waals surface area contributed by atoms with Crippen molar-refractivity contribution in [3.05, 3.63) is 29.3 Å². The van der Waals surface area contributed by atoms with Crippen molar-refractivity contribution in [3.63, 3.8) is 0 Å². The molecule has 2 N–H and O–H groups in total. The van der Waals surface area contributed by atoms with Crippen molar-refractivity contribution in [1.29, 1.82) is 0 Å². The van der Waals surface area contributed by atoms with Crippen molar-refractivity contribution >= 4 is 0 Å². The van der Waals surface area contributed by atoms with Crippen LogP contribution in [0.1, 0.15) is 38.3 Å². The highest BCUT2D eigenvalue weighted by molar-refractivity contribution is 5.44. The van der Waals surface area contributed by atoms with Gasteiger partial charge >= 0.3 is 0 Å². The highest BCUT2D eigenvalue weighted by atomic mass is 16.5. The van der Waals surface area contributed by atoms with Gasteiger partial charge in [-0.25, -0.2) is 0 Å². The number of benzene rings is 1. The fraction of sp³-hybridized carbons (Fsp3) is 0.556. The molecule has 1 aromatic rings. The van der Waals surface area contributed by atoms with E-state index in [4.69, 9.17) is 10.5 Å². The lowest BCUT2D eigenvalue weighted by molar-refractivity contribution is 0.235. The van der Waals surface area contributed by atoms with E-state index in [1.807, 2.05) is 12.1 Å². The Kier molecular flexibility index (Phi) is 7.89. The molecule has 1 unspecified atom stereocenters. The minimum atomic E-state index is 0.385. The standard InChI is InChI=1S/C18H28N2O/c1-5-15(3)13-20(6-2)14-17-12-16(8-7-11-19)9-10-18(17)21-4/h9-10,12,15H,5-6,11,13-14,19H2,1-4H3. The van der Waals surface area contributed by atoms with Gasteiger partial charge in [-0.3, -0.25) is 4.90 Å². The summed E-state index contributed by atoms with van der Waals surface area (Å²) < 4.78 is 5.48. The average molecular weight is 288 g/mol. The minimum Gasteiger partial charge on any atom is -0.496 e. The number of methoxy groups -OCH3 is 1. The van der Waals surface area contributed by atoms with Gasteiger partial charge in [0.2, 0.25) is 0 Å². The summed E-state index contributed by atoms with van der Waals surface area (Å²) in [6, 6.07) is 6.09. The third kappa shape index (κ3) is 5.79. The van der Waals surface area contributed by atoms with Crippen LogP contribution >= 0.6 is 0 Å². The van der Waals surface area contributed by atoms with Gasteiger partial charge in [0, 0.05) is 24.2 Å². The number of nitrogens with two attached hydrogens (primary N) is 1. The molecular formula is C18H28N2O. The van der Waals surface area contributed by atoms with E-state index in [1.54, 1.807) is 7.11 Å². The molecule has 0 aliphatic carbocycles. The number of hydrogen-bond donors (Lipinski definition) is 1. The van der Waals surface area contributed by atoms with Crippen LogP contribution in [0.5, 0.6) is 5.75 Å². The molecule has 1 aromatic carbocycles. The molecule has 0 aliphatic heterocycles. The molecule has 116 valence electrons. The molecule has 21 heavy (non-hydrogen) atoms. The summed E-state index contributed by atoms with van der Waals surface area (Å²) in [5, 5.41) is 0. The van der Waals surface area contributed by atoms with Gasteiger partial charge in [-0.15, -0.1) is 0 Å². The maximum atomic E-state index is 5.48. The number of rotatable bonds is 7.